The monoisotopic (exact) mass is 409 g/mol. The molecule has 0 spiro atoms. The van der Waals surface area contributed by atoms with Crippen molar-refractivity contribution >= 4 is 21.6 Å². The Bertz CT molecular complexity index is 897. The van der Waals surface area contributed by atoms with Gasteiger partial charge in [-0.15, -0.1) is 0 Å². The van der Waals surface area contributed by atoms with E-state index in [0.717, 1.165) is 23.2 Å². The molecule has 2 aromatic rings. The summed E-state index contributed by atoms with van der Waals surface area (Å²) in [7, 11) is -3.57. The van der Waals surface area contributed by atoms with E-state index in [9.17, 15) is 8.42 Å². The average Bonchev–Trinajstić information content (AvgIpc) is 2.67. The highest BCUT2D eigenvalue weighted by Gasteiger charge is 2.29. The molecule has 1 fully saturated rings. The number of sulfonamides is 1. The molecule has 0 bridgehead atoms. The Morgan fingerprint density at radius 1 is 1.11 bits per heavy atom. The third-order valence-electron chi connectivity index (χ3n) is 4.83. The zero-order valence-corrected chi connectivity index (χ0v) is 16.9. The summed E-state index contributed by atoms with van der Waals surface area (Å²) in [6, 6.07) is 8.98. The molecule has 1 aliphatic rings. The Balaban J connectivity index is 1.83. The lowest BCUT2D eigenvalue weighted by atomic mass is 10.1. The minimum atomic E-state index is -3.57. The average molecular weight is 410 g/mol. The van der Waals surface area contributed by atoms with Crippen LogP contribution in [0.25, 0.3) is 11.1 Å². The molecule has 1 saturated heterocycles. The number of aromatic nitrogens is 1. The number of benzene rings is 1. The van der Waals surface area contributed by atoms with Gasteiger partial charge in [-0.3, -0.25) is 0 Å². The van der Waals surface area contributed by atoms with Gasteiger partial charge in [-0.2, -0.15) is 4.31 Å². The van der Waals surface area contributed by atoms with Gasteiger partial charge in [0.2, 0.25) is 10.0 Å². The van der Waals surface area contributed by atoms with Crippen molar-refractivity contribution in [3.8, 4) is 11.1 Å². The molecule has 0 saturated carbocycles. The van der Waals surface area contributed by atoms with E-state index < -0.39 is 10.0 Å². The summed E-state index contributed by atoms with van der Waals surface area (Å²) in [6.45, 7) is 5.03. The predicted molar refractivity (Wildman–Crippen MR) is 106 cm³/mol. The van der Waals surface area contributed by atoms with Gasteiger partial charge in [0, 0.05) is 45.5 Å². The number of hydrogen-bond acceptors (Lipinski definition) is 5. The van der Waals surface area contributed by atoms with Gasteiger partial charge in [-0.05, 0) is 48.2 Å². The molecule has 6 nitrogen and oxygen atoms in total. The highest BCUT2D eigenvalue weighted by Crippen LogP contribution is 2.28. The standard InChI is InChI=1S/C19H24ClN3O3S/c1-15-3-4-16(17-5-6-21-19(20)14-17)13-18(15)27(25,26)23-10-8-22(9-11-23)7-2-12-24/h3-6,13-14,24H,2,7-12H2,1H3. The fourth-order valence-electron chi connectivity index (χ4n) is 3.27. The van der Waals surface area contributed by atoms with Crippen LogP contribution in [0.2, 0.25) is 5.15 Å². The number of aryl methyl sites for hydroxylation is 1. The molecule has 1 aromatic carbocycles. The summed E-state index contributed by atoms with van der Waals surface area (Å²) in [5, 5.41) is 9.32. The second-order valence-electron chi connectivity index (χ2n) is 6.67. The van der Waals surface area contributed by atoms with Crippen LogP contribution in [0.5, 0.6) is 0 Å². The van der Waals surface area contributed by atoms with Gasteiger partial charge in [0.25, 0.3) is 0 Å². The molecule has 27 heavy (non-hydrogen) atoms. The van der Waals surface area contributed by atoms with Gasteiger partial charge < -0.3 is 10.0 Å². The maximum atomic E-state index is 13.2. The van der Waals surface area contributed by atoms with Crippen molar-refractivity contribution in [2.75, 3.05) is 39.3 Å². The summed E-state index contributed by atoms with van der Waals surface area (Å²) in [6.07, 6.45) is 2.32. The van der Waals surface area contributed by atoms with E-state index >= 15 is 0 Å². The molecule has 0 aliphatic carbocycles. The van der Waals surface area contributed by atoms with Gasteiger partial charge >= 0.3 is 0 Å². The molecule has 1 aliphatic heterocycles. The minimum Gasteiger partial charge on any atom is -0.396 e. The quantitative estimate of drug-likeness (QED) is 0.741. The Labute approximate surface area is 165 Å². The molecule has 2 heterocycles. The number of halogens is 1. The number of piperazine rings is 1. The van der Waals surface area contributed by atoms with Crippen LogP contribution in [0.4, 0.5) is 0 Å². The van der Waals surface area contributed by atoms with E-state index in [4.69, 9.17) is 16.7 Å². The molecule has 0 unspecified atom stereocenters. The van der Waals surface area contributed by atoms with Gasteiger partial charge in [-0.1, -0.05) is 23.7 Å². The predicted octanol–water partition coefficient (Wildman–Crippen LogP) is 2.40. The lowest BCUT2D eigenvalue weighted by molar-refractivity contribution is 0.171. The number of hydrogen-bond donors (Lipinski definition) is 1. The number of rotatable bonds is 6. The van der Waals surface area contributed by atoms with E-state index in [1.807, 2.05) is 25.1 Å². The summed E-state index contributed by atoms with van der Waals surface area (Å²) >= 11 is 5.97. The molecule has 3 rings (SSSR count). The lowest BCUT2D eigenvalue weighted by Crippen LogP contribution is -2.48. The van der Waals surface area contributed by atoms with Crippen LogP contribution in [0.15, 0.2) is 41.4 Å². The number of aliphatic hydroxyl groups is 1. The van der Waals surface area contributed by atoms with E-state index in [-0.39, 0.29) is 6.61 Å². The van der Waals surface area contributed by atoms with Crippen LogP contribution in [-0.4, -0.2) is 67.0 Å². The first kappa shape index (κ1) is 20.2. The van der Waals surface area contributed by atoms with Crippen molar-refractivity contribution < 1.29 is 13.5 Å². The van der Waals surface area contributed by atoms with Crippen molar-refractivity contribution in [2.24, 2.45) is 0 Å². The Morgan fingerprint density at radius 3 is 2.48 bits per heavy atom. The first-order chi connectivity index (χ1) is 12.9. The van der Waals surface area contributed by atoms with Crippen LogP contribution in [0.1, 0.15) is 12.0 Å². The second kappa shape index (κ2) is 8.67. The van der Waals surface area contributed by atoms with E-state index in [1.54, 1.807) is 22.6 Å². The van der Waals surface area contributed by atoms with Crippen LogP contribution in [-0.2, 0) is 10.0 Å². The molecule has 1 aromatic heterocycles. The van der Waals surface area contributed by atoms with Gasteiger partial charge in [-0.25, -0.2) is 13.4 Å². The summed E-state index contributed by atoms with van der Waals surface area (Å²) in [5.41, 5.74) is 2.35. The number of nitrogens with zero attached hydrogens (tertiary/aromatic N) is 3. The normalized spacial score (nSPS) is 16.6. The smallest absolute Gasteiger partial charge is 0.243 e. The van der Waals surface area contributed by atoms with Crippen molar-refractivity contribution in [3.05, 3.63) is 47.2 Å². The zero-order chi connectivity index (χ0) is 19.4. The third-order valence-corrected chi connectivity index (χ3v) is 7.08. The fourth-order valence-corrected chi connectivity index (χ4v) is 5.11. The molecule has 1 N–H and O–H groups in total. The first-order valence-corrected chi connectivity index (χ1v) is 10.8. The summed E-state index contributed by atoms with van der Waals surface area (Å²) in [5.74, 6) is 0. The van der Waals surface area contributed by atoms with Crippen LogP contribution in [0, 0.1) is 6.92 Å². The Kier molecular flexibility index (Phi) is 6.49. The van der Waals surface area contributed by atoms with Crippen molar-refractivity contribution in [2.45, 2.75) is 18.2 Å². The molecular weight excluding hydrogens is 386 g/mol. The van der Waals surface area contributed by atoms with Gasteiger partial charge in [0.05, 0.1) is 4.90 Å². The van der Waals surface area contributed by atoms with Gasteiger partial charge in [0.15, 0.2) is 0 Å². The van der Waals surface area contributed by atoms with Crippen LogP contribution in [0.3, 0.4) is 0 Å². The molecule has 146 valence electrons. The number of aliphatic hydroxyl groups excluding tert-OH is 1. The summed E-state index contributed by atoms with van der Waals surface area (Å²) in [4.78, 5) is 6.49. The van der Waals surface area contributed by atoms with Crippen molar-refractivity contribution in [3.63, 3.8) is 0 Å². The molecule has 8 heteroatoms. The number of pyridine rings is 1. The highest BCUT2D eigenvalue weighted by molar-refractivity contribution is 7.89. The Morgan fingerprint density at radius 2 is 1.81 bits per heavy atom. The lowest BCUT2D eigenvalue weighted by Gasteiger charge is -2.34. The summed E-state index contributed by atoms with van der Waals surface area (Å²) < 4.78 is 28.0. The van der Waals surface area contributed by atoms with E-state index in [0.29, 0.717) is 42.6 Å². The maximum absolute atomic E-state index is 13.2. The molecular formula is C19H24ClN3O3S. The SMILES string of the molecule is Cc1ccc(-c2ccnc(Cl)c2)cc1S(=O)(=O)N1CCN(CCCO)CC1. The van der Waals surface area contributed by atoms with E-state index in [2.05, 4.69) is 9.88 Å². The highest BCUT2D eigenvalue weighted by atomic mass is 35.5. The molecule has 0 amide bonds. The molecule has 0 radical (unpaired) electrons. The molecule has 0 atom stereocenters. The minimum absolute atomic E-state index is 0.156. The first-order valence-electron chi connectivity index (χ1n) is 8.98. The maximum Gasteiger partial charge on any atom is 0.243 e. The van der Waals surface area contributed by atoms with Crippen molar-refractivity contribution in [1.29, 1.82) is 0 Å². The topological polar surface area (TPSA) is 73.7 Å². The Hall–Kier alpha value is -1.51. The zero-order valence-electron chi connectivity index (χ0n) is 15.3. The van der Waals surface area contributed by atoms with Crippen molar-refractivity contribution in [1.82, 2.24) is 14.2 Å². The van der Waals surface area contributed by atoms with Gasteiger partial charge in [0.1, 0.15) is 5.15 Å². The fraction of sp³-hybridized carbons (Fsp3) is 0.421. The second-order valence-corrected chi connectivity index (χ2v) is 8.96. The van der Waals surface area contributed by atoms with E-state index in [1.165, 1.54) is 0 Å². The largest absolute Gasteiger partial charge is 0.396 e. The van der Waals surface area contributed by atoms with Crippen LogP contribution < -0.4 is 0 Å². The van der Waals surface area contributed by atoms with Crippen LogP contribution >= 0.6 is 11.6 Å². The third kappa shape index (κ3) is 4.67.